The van der Waals surface area contributed by atoms with E-state index in [1.807, 2.05) is 32.0 Å². The summed E-state index contributed by atoms with van der Waals surface area (Å²) in [5.74, 6) is 0.293. The topological polar surface area (TPSA) is 110 Å². The van der Waals surface area contributed by atoms with Crippen molar-refractivity contribution in [3.05, 3.63) is 91.7 Å². The highest BCUT2D eigenvalue weighted by molar-refractivity contribution is 7.98. The van der Waals surface area contributed by atoms with E-state index in [0.717, 1.165) is 22.1 Å². The second-order valence-corrected chi connectivity index (χ2v) is 8.33. The first kappa shape index (κ1) is 23.4. The number of carbonyl (C=O) groups is 1. The van der Waals surface area contributed by atoms with Gasteiger partial charge in [0.2, 0.25) is 0 Å². The minimum Gasteiger partial charge on any atom is -0.267 e. The van der Waals surface area contributed by atoms with E-state index in [0.29, 0.717) is 22.6 Å². The number of halogens is 1. The minimum absolute atomic E-state index is 0.0398. The third-order valence-corrected chi connectivity index (χ3v) is 5.67. The maximum atomic E-state index is 12.4. The molecule has 1 heterocycles. The first-order valence-electron chi connectivity index (χ1n) is 9.56. The van der Waals surface area contributed by atoms with Crippen LogP contribution >= 0.6 is 23.4 Å². The lowest BCUT2D eigenvalue weighted by molar-refractivity contribution is -0.384. The molecule has 0 aliphatic rings. The van der Waals surface area contributed by atoms with Crippen molar-refractivity contribution in [2.45, 2.75) is 31.7 Å². The number of hydrazone groups is 1. The third kappa shape index (κ3) is 6.12. The molecule has 3 aromatic rings. The Labute approximate surface area is 194 Å². The molecule has 1 aromatic heterocycles. The van der Waals surface area contributed by atoms with Gasteiger partial charge in [0.15, 0.2) is 5.16 Å². The summed E-state index contributed by atoms with van der Waals surface area (Å²) in [7, 11) is 0. The second kappa shape index (κ2) is 10.3. The number of aromatic nitrogens is 2. The molecule has 0 atom stereocenters. The molecule has 3 rings (SSSR count). The summed E-state index contributed by atoms with van der Waals surface area (Å²) in [5, 5.41) is 15.8. The quantitative estimate of drug-likeness (QED) is 0.169. The Morgan fingerprint density at radius 1 is 1.09 bits per heavy atom. The molecule has 1 N–H and O–H groups in total. The van der Waals surface area contributed by atoms with Crippen molar-refractivity contribution in [1.29, 1.82) is 0 Å². The number of carbonyl (C=O) groups excluding carboxylic acids is 1. The van der Waals surface area contributed by atoms with Gasteiger partial charge >= 0.3 is 0 Å². The molecule has 0 aliphatic carbocycles. The highest BCUT2D eigenvalue weighted by atomic mass is 35.5. The Kier molecular flexibility index (Phi) is 7.55. The maximum absolute atomic E-state index is 12.4. The van der Waals surface area contributed by atoms with Crippen molar-refractivity contribution in [3.63, 3.8) is 0 Å². The SMILES string of the molecule is CC(=NNC(=O)c1ccc(CSc2nc(C)cc(C)n2)cc1)c1ccc(Cl)c([N+](=O)[O-])c1. The highest BCUT2D eigenvalue weighted by Crippen LogP contribution is 2.25. The van der Waals surface area contributed by atoms with Gasteiger partial charge in [0.1, 0.15) is 5.02 Å². The minimum atomic E-state index is -0.566. The van der Waals surface area contributed by atoms with Crippen LogP contribution in [0.15, 0.2) is 58.8 Å². The van der Waals surface area contributed by atoms with Gasteiger partial charge in [0.25, 0.3) is 11.6 Å². The number of nitrogens with one attached hydrogen (secondary N) is 1. The predicted octanol–water partition coefficient (Wildman–Crippen LogP) is 5.10. The molecule has 0 unspecified atom stereocenters. The number of nitro benzene ring substituents is 1. The van der Waals surface area contributed by atoms with E-state index in [1.54, 1.807) is 25.1 Å². The Bertz CT molecular complexity index is 1180. The molecular formula is C22H20ClN5O3S. The van der Waals surface area contributed by atoms with Crippen LogP contribution in [0.2, 0.25) is 5.02 Å². The summed E-state index contributed by atoms with van der Waals surface area (Å²) in [5.41, 5.74) is 6.49. The van der Waals surface area contributed by atoms with Crippen molar-refractivity contribution in [1.82, 2.24) is 15.4 Å². The highest BCUT2D eigenvalue weighted by Gasteiger charge is 2.14. The zero-order valence-corrected chi connectivity index (χ0v) is 19.2. The molecule has 10 heteroatoms. The van der Waals surface area contributed by atoms with E-state index in [1.165, 1.54) is 23.9 Å². The molecule has 2 aromatic carbocycles. The number of hydrogen-bond acceptors (Lipinski definition) is 7. The van der Waals surface area contributed by atoms with Gasteiger partial charge in [-0.15, -0.1) is 0 Å². The van der Waals surface area contributed by atoms with Crippen LogP contribution in [0.4, 0.5) is 5.69 Å². The van der Waals surface area contributed by atoms with E-state index < -0.39 is 4.92 Å². The summed E-state index contributed by atoms with van der Waals surface area (Å²) in [6.45, 7) is 5.51. The van der Waals surface area contributed by atoms with Gasteiger partial charge in [-0.25, -0.2) is 15.4 Å². The fraction of sp³-hybridized carbons (Fsp3) is 0.182. The smallest absolute Gasteiger partial charge is 0.267 e. The average Bonchev–Trinajstić information content (AvgIpc) is 2.75. The van der Waals surface area contributed by atoms with Crippen molar-refractivity contribution in [2.75, 3.05) is 0 Å². The van der Waals surface area contributed by atoms with Crippen LogP contribution in [-0.4, -0.2) is 26.5 Å². The average molecular weight is 470 g/mol. The number of thioether (sulfide) groups is 1. The molecular weight excluding hydrogens is 450 g/mol. The molecule has 8 nitrogen and oxygen atoms in total. The number of nitrogens with zero attached hydrogens (tertiary/aromatic N) is 4. The summed E-state index contributed by atoms with van der Waals surface area (Å²) in [4.78, 5) is 31.7. The molecule has 164 valence electrons. The van der Waals surface area contributed by atoms with Gasteiger partial charge < -0.3 is 0 Å². The van der Waals surface area contributed by atoms with Crippen molar-refractivity contribution in [2.24, 2.45) is 5.10 Å². The van der Waals surface area contributed by atoms with Gasteiger partial charge in [0.05, 0.1) is 10.6 Å². The Morgan fingerprint density at radius 3 is 2.34 bits per heavy atom. The van der Waals surface area contributed by atoms with Gasteiger partial charge in [-0.1, -0.05) is 41.6 Å². The van der Waals surface area contributed by atoms with E-state index in [9.17, 15) is 14.9 Å². The molecule has 0 bridgehead atoms. The molecule has 0 aliphatic heterocycles. The number of aryl methyl sites for hydroxylation is 2. The van der Waals surface area contributed by atoms with Crippen molar-refractivity contribution in [3.8, 4) is 0 Å². The first-order chi connectivity index (χ1) is 15.2. The Morgan fingerprint density at radius 2 is 1.72 bits per heavy atom. The summed E-state index contributed by atoms with van der Waals surface area (Å²) in [6, 6.07) is 13.4. The van der Waals surface area contributed by atoms with E-state index in [2.05, 4.69) is 20.5 Å². The van der Waals surface area contributed by atoms with Gasteiger partial charge in [-0.3, -0.25) is 14.9 Å². The molecule has 0 spiro atoms. The fourth-order valence-electron chi connectivity index (χ4n) is 2.80. The second-order valence-electron chi connectivity index (χ2n) is 6.98. The largest absolute Gasteiger partial charge is 0.288 e. The Balaban J connectivity index is 1.62. The Hall–Kier alpha value is -3.30. The van der Waals surface area contributed by atoms with Crippen molar-refractivity contribution >= 4 is 40.7 Å². The van der Waals surface area contributed by atoms with Gasteiger partial charge in [-0.05, 0) is 50.6 Å². The van der Waals surface area contributed by atoms with Crippen LogP contribution < -0.4 is 5.43 Å². The number of benzene rings is 2. The first-order valence-corrected chi connectivity index (χ1v) is 10.9. The van der Waals surface area contributed by atoms with E-state index in [-0.39, 0.29) is 16.6 Å². The van der Waals surface area contributed by atoms with Crippen LogP contribution in [0.3, 0.4) is 0 Å². The molecule has 1 amide bonds. The van der Waals surface area contributed by atoms with Crippen LogP contribution in [-0.2, 0) is 5.75 Å². The predicted molar refractivity (Wildman–Crippen MR) is 125 cm³/mol. The lowest BCUT2D eigenvalue weighted by Crippen LogP contribution is -2.19. The molecule has 0 saturated carbocycles. The number of rotatable bonds is 7. The summed E-state index contributed by atoms with van der Waals surface area (Å²) in [6.07, 6.45) is 0. The van der Waals surface area contributed by atoms with Crippen molar-refractivity contribution < 1.29 is 9.72 Å². The normalized spacial score (nSPS) is 11.3. The lowest BCUT2D eigenvalue weighted by atomic mass is 10.1. The summed E-state index contributed by atoms with van der Waals surface area (Å²) < 4.78 is 0. The van der Waals surface area contributed by atoms with Crippen LogP contribution in [0, 0.1) is 24.0 Å². The van der Waals surface area contributed by atoms with Gasteiger partial charge in [-0.2, -0.15) is 5.10 Å². The maximum Gasteiger partial charge on any atom is 0.288 e. The monoisotopic (exact) mass is 469 g/mol. The molecule has 0 fully saturated rings. The molecule has 0 saturated heterocycles. The zero-order chi connectivity index (χ0) is 23.3. The lowest BCUT2D eigenvalue weighted by Gasteiger charge is -2.06. The van der Waals surface area contributed by atoms with E-state index >= 15 is 0 Å². The number of hydrogen-bond donors (Lipinski definition) is 1. The van der Waals surface area contributed by atoms with Crippen LogP contribution in [0.25, 0.3) is 0 Å². The number of amides is 1. The van der Waals surface area contributed by atoms with Crippen LogP contribution in [0.5, 0.6) is 0 Å². The third-order valence-electron chi connectivity index (χ3n) is 4.43. The van der Waals surface area contributed by atoms with Crippen LogP contribution in [0.1, 0.15) is 39.8 Å². The molecule has 0 radical (unpaired) electrons. The van der Waals surface area contributed by atoms with Gasteiger partial charge in [0, 0.05) is 34.3 Å². The standard InChI is InChI=1S/C22H20ClN5O3S/c1-13-10-14(2)25-22(24-13)32-12-16-4-6-17(7-5-16)21(29)27-26-15(3)18-8-9-19(23)20(11-18)28(30)31/h4-11H,12H2,1-3H3,(H,27,29). The fourth-order valence-corrected chi connectivity index (χ4v) is 3.89. The number of nitro groups is 1. The molecule has 32 heavy (non-hydrogen) atoms. The van der Waals surface area contributed by atoms with E-state index in [4.69, 9.17) is 11.6 Å². The zero-order valence-electron chi connectivity index (χ0n) is 17.6. The summed E-state index contributed by atoms with van der Waals surface area (Å²) >= 11 is 7.36.